The average molecular weight is 277 g/mol. The van der Waals surface area contributed by atoms with Crippen molar-refractivity contribution in [2.75, 3.05) is 18.4 Å². The molecule has 106 valence electrons. The number of nitrogens with one attached hydrogen (secondary N) is 1. The van der Waals surface area contributed by atoms with E-state index < -0.39 is 5.91 Å². The Morgan fingerprint density at radius 1 is 1.30 bits per heavy atom. The van der Waals surface area contributed by atoms with Gasteiger partial charge in [-0.25, -0.2) is 0 Å². The topological polar surface area (TPSA) is 88.6 Å². The summed E-state index contributed by atoms with van der Waals surface area (Å²) in [6, 6.07) is 3.07. The molecule has 7 heteroatoms. The zero-order valence-corrected chi connectivity index (χ0v) is 11.3. The zero-order valence-electron chi connectivity index (χ0n) is 11.3. The molecule has 0 bridgehead atoms. The Kier molecular flexibility index (Phi) is 4.19. The quantitative estimate of drug-likeness (QED) is 0.903. The van der Waals surface area contributed by atoms with E-state index >= 15 is 0 Å². The molecule has 0 aliphatic rings. The second kappa shape index (κ2) is 6.05. The summed E-state index contributed by atoms with van der Waals surface area (Å²) in [5.41, 5.74) is 0.156. The minimum atomic E-state index is -0.487. The SMILES string of the molecule is CCN(CC)C(=O)c1coc(NC(=O)c2ccco2)n1. The number of furan rings is 1. The Morgan fingerprint density at radius 3 is 2.65 bits per heavy atom. The highest BCUT2D eigenvalue weighted by Crippen LogP contribution is 2.12. The molecule has 0 aliphatic carbocycles. The molecule has 2 heterocycles. The van der Waals surface area contributed by atoms with E-state index in [0.29, 0.717) is 13.1 Å². The van der Waals surface area contributed by atoms with Crippen LogP contribution in [0.1, 0.15) is 34.9 Å². The van der Waals surface area contributed by atoms with Crippen LogP contribution in [0.3, 0.4) is 0 Å². The smallest absolute Gasteiger partial charge is 0.302 e. The number of hydrogen-bond acceptors (Lipinski definition) is 5. The second-order valence-corrected chi connectivity index (χ2v) is 3.95. The van der Waals surface area contributed by atoms with Gasteiger partial charge in [-0.2, -0.15) is 4.98 Å². The Labute approximate surface area is 115 Å². The van der Waals surface area contributed by atoms with Crippen LogP contribution in [0.5, 0.6) is 0 Å². The van der Waals surface area contributed by atoms with Gasteiger partial charge < -0.3 is 13.7 Å². The molecule has 2 rings (SSSR count). The number of hydrogen-bond donors (Lipinski definition) is 1. The minimum absolute atomic E-state index is 0.0399. The van der Waals surface area contributed by atoms with Crippen LogP contribution in [0.25, 0.3) is 0 Å². The molecule has 1 N–H and O–H groups in total. The third-order valence-electron chi connectivity index (χ3n) is 2.74. The molecule has 0 saturated heterocycles. The van der Waals surface area contributed by atoms with Crippen molar-refractivity contribution in [3.63, 3.8) is 0 Å². The lowest BCUT2D eigenvalue weighted by Crippen LogP contribution is -2.30. The Morgan fingerprint density at radius 2 is 2.05 bits per heavy atom. The van der Waals surface area contributed by atoms with Crippen LogP contribution in [-0.2, 0) is 0 Å². The lowest BCUT2D eigenvalue weighted by molar-refractivity contribution is 0.0766. The fourth-order valence-electron chi connectivity index (χ4n) is 1.67. The van der Waals surface area contributed by atoms with Crippen molar-refractivity contribution in [2.24, 2.45) is 0 Å². The first kappa shape index (κ1) is 13.9. The molecular formula is C13H15N3O4. The molecule has 0 unspecified atom stereocenters. The normalized spacial score (nSPS) is 10.3. The monoisotopic (exact) mass is 277 g/mol. The summed E-state index contributed by atoms with van der Waals surface area (Å²) in [4.78, 5) is 29.3. The standard InChI is InChI=1S/C13H15N3O4/c1-3-16(4-2)12(18)9-8-20-13(14-9)15-11(17)10-6-5-7-19-10/h5-8H,3-4H2,1-2H3,(H,14,15,17). The molecule has 2 aromatic rings. The van der Waals surface area contributed by atoms with Crippen LogP contribution < -0.4 is 5.32 Å². The minimum Gasteiger partial charge on any atom is -0.459 e. The molecule has 0 aliphatic heterocycles. The van der Waals surface area contributed by atoms with Gasteiger partial charge in [-0.1, -0.05) is 0 Å². The van der Waals surface area contributed by atoms with Crippen molar-refractivity contribution in [1.82, 2.24) is 9.88 Å². The van der Waals surface area contributed by atoms with Crippen molar-refractivity contribution < 1.29 is 18.4 Å². The van der Waals surface area contributed by atoms with Gasteiger partial charge in [0.25, 0.3) is 11.8 Å². The van der Waals surface area contributed by atoms with Gasteiger partial charge in [0.2, 0.25) is 0 Å². The molecular weight excluding hydrogens is 262 g/mol. The van der Waals surface area contributed by atoms with Crippen LogP contribution in [-0.4, -0.2) is 34.8 Å². The van der Waals surface area contributed by atoms with Crippen LogP contribution in [0.2, 0.25) is 0 Å². The lowest BCUT2D eigenvalue weighted by atomic mass is 10.4. The molecule has 0 spiro atoms. The fourth-order valence-corrected chi connectivity index (χ4v) is 1.67. The Hall–Kier alpha value is -2.57. The van der Waals surface area contributed by atoms with E-state index in [0.717, 1.165) is 0 Å². The molecule has 7 nitrogen and oxygen atoms in total. The summed E-state index contributed by atoms with van der Waals surface area (Å²) < 4.78 is 10.00. The van der Waals surface area contributed by atoms with Gasteiger partial charge in [0, 0.05) is 13.1 Å². The largest absolute Gasteiger partial charge is 0.459 e. The molecule has 20 heavy (non-hydrogen) atoms. The van der Waals surface area contributed by atoms with Crippen LogP contribution >= 0.6 is 0 Å². The summed E-state index contributed by atoms with van der Waals surface area (Å²) in [6.07, 6.45) is 2.61. The summed E-state index contributed by atoms with van der Waals surface area (Å²) in [7, 11) is 0. The molecule has 0 aromatic carbocycles. The lowest BCUT2D eigenvalue weighted by Gasteiger charge is -2.16. The molecule has 0 saturated carbocycles. The maximum Gasteiger partial charge on any atom is 0.302 e. The summed E-state index contributed by atoms with van der Waals surface area (Å²) in [6.45, 7) is 4.91. The summed E-state index contributed by atoms with van der Waals surface area (Å²) in [5, 5.41) is 2.41. The van der Waals surface area contributed by atoms with Crippen LogP contribution in [0.4, 0.5) is 6.01 Å². The number of carbonyl (C=O) groups is 2. The maximum absolute atomic E-state index is 12.0. The van der Waals surface area contributed by atoms with E-state index in [4.69, 9.17) is 8.83 Å². The van der Waals surface area contributed by atoms with Gasteiger partial charge in [-0.3, -0.25) is 14.9 Å². The van der Waals surface area contributed by atoms with Crippen molar-refractivity contribution >= 4 is 17.8 Å². The van der Waals surface area contributed by atoms with Crippen LogP contribution in [0, 0.1) is 0 Å². The van der Waals surface area contributed by atoms with Gasteiger partial charge in [0.05, 0.1) is 6.26 Å². The van der Waals surface area contributed by atoms with Crippen molar-refractivity contribution in [1.29, 1.82) is 0 Å². The number of nitrogens with zero attached hydrogens (tertiary/aromatic N) is 2. The second-order valence-electron chi connectivity index (χ2n) is 3.95. The Balaban J connectivity index is 2.06. The van der Waals surface area contributed by atoms with Crippen molar-refractivity contribution in [2.45, 2.75) is 13.8 Å². The van der Waals surface area contributed by atoms with Crippen molar-refractivity contribution in [3.8, 4) is 0 Å². The Bertz CT molecular complexity index is 585. The highest BCUT2D eigenvalue weighted by atomic mass is 16.4. The number of oxazole rings is 1. The summed E-state index contributed by atoms with van der Waals surface area (Å²) in [5.74, 6) is -0.587. The third-order valence-corrected chi connectivity index (χ3v) is 2.74. The average Bonchev–Trinajstić information content (AvgIpc) is 3.11. The molecule has 0 fully saturated rings. The number of anilines is 1. The van der Waals surface area contributed by atoms with E-state index in [1.54, 1.807) is 11.0 Å². The van der Waals surface area contributed by atoms with Crippen LogP contribution in [0.15, 0.2) is 33.5 Å². The predicted octanol–water partition coefficient (Wildman–Crippen LogP) is 2.00. The molecule has 0 atom stereocenters. The zero-order chi connectivity index (χ0) is 14.5. The van der Waals surface area contributed by atoms with E-state index in [-0.39, 0.29) is 23.4 Å². The van der Waals surface area contributed by atoms with E-state index in [1.165, 1.54) is 18.6 Å². The first-order valence-electron chi connectivity index (χ1n) is 6.25. The fraction of sp³-hybridized carbons (Fsp3) is 0.308. The first-order chi connectivity index (χ1) is 9.65. The van der Waals surface area contributed by atoms with Gasteiger partial charge >= 0.3 is 6.01 Å². The number of carbonyl (C=O) groups excluding carboxylic acids is 2. The van der Waals surface area contributed by atoms with Gasteiger partial charge in [-0.05, 0) is 26.0 Å². The van der Waals surface area contributed by atoms with Gasteiger partial charge in [0.1, 0.15) is 6.26 Å². The number of aromatic nitrogens is 1. The van der Waals surface area contributed by atoms with Gasteiger partial charge in [-0.15, -0.1) is 0 Å². The maximum atomic E-state index is 12.0. The number of amides is 2. The highest BCUT2D eigenvalue weighted by molar-refractivity contribution is 6.01. The first-order valence-corrected chi connectivity index (χ1v) is 6.25. The van der Waals surface area contributed by atoms with E-state index in [9.17, 15) is 9.59 Å². The molecule has 2 aromatic heterocycles. The van der Waals surface area contributed by atoms with E-state index in [2.05, 4.69) is 10.3 Å². The molecule has 2 amide bonds. The third kappa shape index (κ3) is 2.87. The summed E-state index contributed by atoms with van der Waals surface area (Å²) >= 11 is 0. The molecule has 0 radical (unpaired) electrons. The highest BCUT2D eigenvalue weighted by Gasteiger charge is 2.19. The number of rotatable bonds is 5. The predicted molar refractivity (Wildman–Crippen MR) is 70.4 cm³/mol. The van der Waals surface area contributed by atoms with Crippen molar-refractivity contribution in [3.05, 3.63) is 36.1 Å². The van der Waals surface area contributed by atoms with E-state index in [1.807, 2.05) is 13.8 Å². The van der Waals surface area contributed by atoms with Gasteiger partial charge in [0.15, 0.2) is 11.5 Å².